The van der Waals surface area contributed by atoms with Crippen molar-refractivity contribution in [1.29, 1.82) is 5.26 Å². The normalized spacial score (nSPS) is 27.1. The number of nitriles is 1. The Kier molecular flexibility index (Phi) is 6.99. The van der Waals surface area contributed by atoms with Crippen molar-refractivity contribution in [2.75, 3.05) is 19.6 Å². The summed E-state index contributed by atoms with van der Waals surface area (Å²) in [5, 5.41) is 9.24. The van der Waals surface area contributed by atoms with Crippen LogP contribution in [0.3, 0.4) is 0 Å². The molecule has 5 atom stereocenters. The van der Waals surface area contributed by atoms with Gasteiger partial charge in [0.05, 0.1) is 36.2 Å². The van der Waals surface area contributed by atoms with E-state index in [4.69, 9.17) is 11.6 Å². The van der Waals surface area contributed by atoms with Gasteiger partial charge in [0, 0.05) is 30.6 Å². The van der Waals surface area contributed by atoms with E-state index >= 15 is 0 Å². The van der Waals surface area contributed by atoms with Gasteiger partial charge in [0.25, 0.3) is 0 Å². The van der Waals surface area contributed by atoms with Crippen molar-refractivity contribution < 1.29 is 18.9 Å². The van der Waals surface area contributed by atoms with Crippen molar-refractivity contribution in [3.63, 3.8) is 0 Å². The molecule has 0 spiro atoms. The van der Waals surface area contributed by atoms with Gasteiger partial charge in [0.15, 0.2) is 0 Å². The summed E-state index contributed by atoms with van der Waals surface area (Å²) in [5.74, 6) is 4.73. The first-order valence-corrected chi connectivity index (χ1v) is 11.5. The maximum atomic E-state index is 13.2. The van der Waals surface area contributed by atoms with Gasteiger partial charge in [-0.1, -0.05) is 12.1 Å². The number of amides is 2. The summed E-state index contributed by atoms with van der Waals surface area (Å²) in [4.78, 5) is 36.4. The molecule has 4 rings (SSSR count). The second-order valence-electron chi connectivity index (χ2n) is 8.52. The highest BCUT2D eigenvalue weighted by molar-refractivity contribution is 7.94. The third-order valence-electron chi connectivity index (χ3n) is 6.70. The molecule has 4 N–H and O–H groups in total. The van der Waals surface area contributed by atoms with Crippen LogP contribution in [0.5, 0.6) is 0 Å². The maximum Gasteiger partial charge on any atom is 0.241 e. The lowest BCUT2D eigenvalue weighted by molar-refractivity contribution is -0.195. The zero-order valence-corrected chi connectivity index (χ0v) is 18.7. The zero-order chi connectivity index (χ0) is 22.8. The van der Waals surface area contributed by atoms with Gasteiger partial charge in [-0.25, -0.2) is 0 Å². The van der Waals surface area contributed by atoms with E-state index in [1.54, 1.807) is 4.90 Å². The molecular formula is C21H28N6O4S. The standard InChI is InChI=1S/C21H28N6O4S/c1-13(14-4-6-17(7-5-14)32-31-30-24)27-16-9-19(21(27)29)25(11-16)12-18(23)20(28)26-8-2-3-15(26)10-22/h4-7,13,15-16,18-19H,2-3,8-9,11-12,23-24H2,1H3/t13-,15+,16?,18+,19+/m1/s1. The molecule has 10 nitrogen and oxygen atoms in total. The lowest BCUT2D eigenvalue weighted by Crippen LogP contribution is -2.56. The molecule has 3 saturated heterocycles. The van der Waals surface area contributed by atoms with E-state index in [9.17, 15) is 14.9 Å². The molecule has 0 saturated carbocycles. The van der Waals surface area contributed by atoms with Crippen LogP contribution in [0.4, 0.5) is 0 Å². The minimum Gasteiger partial charge on any atom is -0.330 e. The van der Waals surface area contributed by atoms with Crippen molar-refractivity contribution >= 4 is 23.9 Å². The van der Waals surface area contributed by atoms with Crippen LogP contribution in [0, 0.1) is 11.3 Å². The largest absolute Gasteiger partial charge is 0.330 e. The fourth-order valence-electron chi connectivity index (χ4n) is 5.13. The van der Waals surface area contributed by atoms with Gasteiger partial charge in [-0.3, -0.25) is 14.5 Å². The number of piperazine rings is 1. The number of rotatable bonds is 8. The van der Waals surface area contributed by atoms with Crippen LogP contribution in [0.25, 0.3) is 0 Å². The van der Waals surface area contributed by atoms with Crippen LogP contribution >= 0.6 is 12.0 Å². The molecular weight excluding hydrogens is 432 g/mol. The minimum atomic E-state index is -0.730. The van der Waals surface area contributed by atoms with Gasteiger partial charge >= 0.3 is 0 Å². The Morgan fingerprint density at radius 3 is 2.78 bits per heavy atom. The summed E-state index contributed by atoms with van der Waals surface area (Å²) >= 11 is 1.01. The molecule has 3 heterocycles. The number of nitrogens with zero attached hydrogens (tertiary/aromatic N) is 4. The first-order chi connectivity index (χ1) is 15.4. The molecule has 3 aliphatic heterocycles. The monoisotopic (exact) mass is 460 g/mol. The highest BCUT2D eigenvalue weighted by atomic mass is 32.2. The van der Waals surface area contributed by atoms with Crippen LogP contribution in [0.15, 0.2) is 29.2 Å². The molecule has 1 unspecified atom stereocenters. The highest BCUT2D eigenvalue weighted by Crippen LogP contribution is 2.38. The molecule has 0 aliphatic carbocycles. The van der Waals surface area contributed by atoms with E-state index in [2.05, 4.69) is 15.4 Å². The van der Waals surface area contributed by atoms with E-state index in [0.29, 0.717) is 26.1 Å². The van der Waals surface area contributed by atoms with E-state index in [-0.39, 0.29) is 36.0 Å². The molecule has 2 amide bonds. The first-order valence-electron chi connectivity index (χ1n) is 10.8. The molecule has 0 radical (unpaired) electrons. The third kappa shape index (κ3) is 4.34. The second kappa shape index (κ2) is 9.74. The summed E-state index contributed by atoms with van der Waals surface area (Å²) < 4.78 is 4.65. The fourth-order valence-corrected chi connectivity index (χ4v) is 5.49. The third-order valence-corrected chi connectivity index (χ3v) is 7.31. The second-order valence-corrected chi connectivity index (χ2v) is 9.30. The number of carbonyl (C=O) groups is 2. The molecule has 0 aromatic heterocycles. The lowest BCUT2D eigenvalue weighted by Gasteiger charge is -2.38. The Bertz CT molecular complexity index is 893. The summed E-state index contributed by atoms with van der Waals surface area (Å²) in [6.07, 6.45) is 2.26. The predicted molar refractivity (Wildman–Crippen MR) is 116 cm³/mol. The van der Waals surface area contributed by atoms with Crippen molar-refractivity contribution in [3.8, 4) is 6.07 Å². The van der Waals surface area contributed by atoms with Crippen molar-refractivity contribution in [2.24, 2.45) is 11.6 Å². The number of carbonyl (C=O) groups excluding carboxylic acids is 2. The predicted octanol–water partition coefficient (Wildman–Crippen LogP) is 0.704. The van der Waals surface area contributed by atoms with Gasteiger partial charge in [-0.15, -0.1) is 9.32 Å². The number of benzene rings is 1. The van der Waals surface area contributed by atoms with Crippen LogP contribution < -0.4 is 11.6 Å². The maximum absolute atomic E-state index is 13.2. The molecule has 3 aliphatic rings. The van der Waals surface area contributed by atoms with Crippen molar-refractivity contribution in [3.05, 3.63) is 29.8 Å². The Hall–Kier alpha value is -2.20. The van der Waals surface area contributed by atoms with Crippen LogP contribution in [-0.4, -0.2) is 70.3 Å². The van der Waals surface area contributed by atoms with E-state index in [1.165, 1.54) is 0 Å². The molecule has 3 fully saturated rings. The van der Waals surface area contributed by atoms with Gasteiger partial charge in [-0.2, -0.15) is 11.2 Å². The SMILES string of the molecule is C[C@H](c1ccc(SOON)cc1)N1C(=O)[C@@H]2CC1CN2C[C@H](N)C(=O)N1CCC[C@H]1C#N. The molecule has 172 valence electrons. The Balaban J connectivity index is 1.35. The summed E-state index contributed by atoms with van der Waals surface area (Å²) in [5.41, 5.74) is 7.24. The van der Waals surface area contributed by atoms with E-state index < -0.39 is 6.04 Å². The van der Waals surface area contributed by atoms with Crippen molar-refractivity contribution in [1.82, 2.24) is 14.7 Å². The zero-order valence-electron chi connectivity index (χ0n) is 17.9. The average molecular weight is 461 g/mol. The molecule has 1 aromatic carbocycles. The number of fused-ring (bicyclic) bond motifs is 2. The molecule has 1 aromatic rings. The summed E-state index contributed by atoms with van der Waals surface area (Å²) in [6, 6.07) is 8.52. The smallest absolute Gasteiger partial charge is 0.241 e. The van der Waals surface area contributed by atoms with Gasteiger partial charge in [-0.05, 0) is 43.9 Å². The number of nitrogens with two attached hydrogens (primary N) is 2. The molecule has 2 bridgehead atoms. The number of hydrogen-bond donors (Lipinski definition) is 2. The quantitative estimate of drug-likeness (QED) is 0.326. The van der Waals surface area contributed by atoms with Gasteiger partial charge < -0.3 is 15.5 Å². The van der Waals surface area contributed by atoms with E-state index in [0.717, 1.165) is 35.3 Å². The summed E-state index contributed by atoms with van der Waals surface area (Å²) in [7, 11) is 0. The lowest BCUT2D eigenvalue weighted by atomic mass is 10.1. The first kappa shape index (κ1) is 23.0. The molecule has 11 heteroatoms. The average Bonchev–Trinajstić information content (AvgIpc) is 3.51. The van der Waals surface area contributed by atoms with Crippen LogP contribution in [0.1, 0.15) is 37.8 Å². The fraction of sp³-hybridized carbons (Fsp3) is 0.571. The number of likely N-dealkylation sites (tertiary alicyclic amines) is 3. The minimum absolute atomic E-state index is 0.0679. The van der Waals surface area contributed by atoms with E-state index in [1.807, 2.05) is 41.0 Å². The van der Waals surface area contributed by atoms with Gasteiger partial charge in [0.2, 0.25) is 11.8 Å². The number of hydrogen-bond acceptors (Lipinski definition) is 9. The Morgan fingerprint density at radius 2 is 2.12 bits per heavy atom. The van der Waals surface area contributed by atoms with Gasteiger partial charge in [0.1, 0.15) is 6.04 Å². The summed E-state index contributed by atoms with van der Waals surface area (Å²) in [6.45, 7) is 3.62. The van der Waals surface area contributed by atoms with Crippen LogP contribution in [0.2, 0.25) is 0 Å². The highest BCUT2D eigenvalue weighted by Gasteiger charge is 2.51. The Labute approximate surface area is 191 Å². The van der Waals surface area contributed by atoms with Crippen molar-refractivity contribution in [2.45, 2.75) is 61.3 Å². The Morgan fingerprint density at radius 1 is 1.38 bits per heavy atom. The molecule has 32 heavy (non-hydrogen) atoms. The topological polar surface area (TPSA) is 138 Å². The van der Waals surface area contributed by atoms with Crippen LogP contribution in [-0.2, 0) is 18.9 Å².